The van der Waals surface area contributed by atoms with Gasteiger partial charge in [0.25, 0.3) is 5.91 Å². The zero-order valence-electron chi connectivity index (χ0n) is 14.1. The molecule has 5 nitrogen and oxygen atoms in total. The molecule has 0 atom stereocenters. The van der Waals surface area contributed by atoms with E-state index in [-0.39, 0.29) is 23.9 Å². The van der Waals surface area contributed by atoms with Crippen LogP contribution >= 0.6 is 0 Å². The topological polar surface area (TPSA) is 58.6 Å². The first kappa shape index (κ1) is 18.0. The van der Waals surface area contributed by atoms with Crippen molar-refractivity contribution in [1.82, 2.24) is 10.2 Å². The molecule has 2 amide bonds. The van der Waals surface area contributed by atoms with E-state index in [2.05, 4.69) is 5.32 Å². The van der Waals surface area contributed by atoms with E-state index in [0.29, 0.717) is 24.5 Å². The van der Waals surface area contributed by atoms with Crippen LogP contribution in [0.4, 0.5) is 0 Å². The summed E-state index contributed by atoms with van der Waals surface area (Å²) >= 11 is 0. The molecule has 122 valence electrons. The van der Waals surface area contributed by atoms with Crippen molar-refractivity contribution in [2.24, 2.45) is 0 Å². The second-order valence-electron chi connectivity index (χ2n) is 6.05. The first-order valence-electron chi connectivity index (χ1n) is 7.60. The van der Waals surface area contributed by atoms with Crippen LogP contribution in [0, 0.1) is 0 Å². The lowest BCUT2D eigenvalue weighted by Gasteiger charge is -2.25. The molecule has 0 bridgehead atoms. The highest BCUT2D eigenvalue weighted by atomic mass is 16.5. The standard InChI is InChI=1S/C17H26N2O3/c1-6-19(12-15(20)18-17(3,4)5)16(21)13-10-8-9-11-14(13)22-7-2/h8-11H,6-7,12H2,1-5H3,(H,18,20). The fourth-order valence-electron chi connectivity index (χ4n) is 2.05. The number of nitrogens with one attached hydrogen (secondary N) is 1. The molecule has 0 aliphatic rings. The Hall–Kier alpha value is -2.04. The van der Waals surface area contributed by atoms with Gasteiger partial charge in [0.05, 0.1) is 18.7 Å². The molecule has 1 N–H and O–H groups in total. The van der Waals surface area contributed by atoms with E-state index in [1.165, 1.54) is 4.90 Å². The summed E-state index contributed by atoms with van der Waals surface area (Å²) in [6.45, 7) is 10.4. The summed E-state index contributed by atoms with van der Waals surface area (Å²) in [4.78, 5) is 26.2. The van der Waals surface area contributed by atoms with Crippen LogP contribution in [0.25, 0.3) is 0 Å². The number of likely N-dealkylation sites (N-methyl/N-ethyl adjacent to an activating group) is 1. The second-order valence-corrected chi connectivity index (χ2v) is 6.05. The Morgan fingerprint density at radius 3 is 2.36 bits per heavy atom. The summed E-state index contributed by atoms with van der Waals surface area (Å²) in [5, 5.41) is 2.87. The maximum Gasteiger partial charge on any atom is 0.258 e. The predicted octanol–water partition coefficient (Wildman–Crippen LogP) is 2.46. The van der Waals surface area contributed by atoms with Gasteiger partial charge in [-0.15, -0.1) is 0 Å². The third-order valence-electron chi connectivity index (χ3n) is 2.94. The predicted molar refractivity (Wildman–Crippen MR) is 87.1 cm³/mol. The highest BCUT2D eigenvalue weighted by Crippen LogP contribution is 2.19. The number of hydrogen-bond acceptors (Lipinski definition) is 3. The quantitative estimate of drug-likeness (QED) is 0.878. The van der Waals surface area contributed by atoms with Crippen molar-refractivity contribution in [3.8, 4) is 5.75 Å². The lowest BCUT2D eigenvalue weighted by Crippen LogP contribution is -2.47. The van der Waals surface area contributed by atoms with Crippen LogP contribution in [0.3, 0.4) is 0 Å². The van der Waals surface area contributed by atoms with Gasteiger partial charge in [0.1, 0.15) is 5.75 Å². The van der Waals surface area contributed by atoms with Crippen molar-refractivity contribution >= 4 is 11.8 Å². The number of hydrogen-bond donors (Lipinski definition) is 1. The Kier molecular flexibility index (Phi) is 6.40. The number of amides is 2. The lowest BCUT2D eigenvalue weighted by atomic mass is 10.1. The van der Waals surface area contributed by atoms with Gasteiger partial charge in [-0.05, 0) is 46.8 Å². The average molecular weight is 306 g/mol. The molecule has 22 heavy (non-hydrogen) atoms. The van der Waals surface area contributed by atoms with Crippen molar-refractivity contribution in [1.29, 1.82) is 0 Å². The van der Waals surface area contributed by atoms with Crippen molar-refractivity contribution in [3.05, 3.63) is 29.8 Å². The molecule has 0 aliphatic heterocycles. The second kappa shape index (κ2) is 7.82. The van der Waals surface area contributed by atoms with E-state index in [1.54, 1.807) is 18.2 Å². The summed E-state index contributed by atoms with van der Waals surface area (Å²) in [6, 6.07) is 7.10. The van der Waals surface area contributed by atoms with E-state index >= 15 is 0 Å². The zero-order chi connectivity index (χ0) is 16.8. The number of rotatable bonds is 6. The number of carbonyl (C=O) groups excluding carboxylic acids is 2. The molecule has 0 aromatic heterocycles. The van der Waals surface area contributed by atoms with E-state index in [0.717, 1.165) is 0 Å². The third kappa shape index (κ3) is 5.39. The molecule has 0 saturated heterocycles. The van der Waals surface area contributed by atoms with Gasteiger partial charge in [-0.2, -0.15) is 0 Å². The fourth-order valence-corrected chi connectivity index (χ4v) is 2.05. The fraction of sp³-hybridized carbons (Fsp3) is 0.529. The smallest absolute Gasteiger partial charge is 0.258 e. The van der Waals surface area contributed by atoms with E-state index < -0.39 is 0 Å². The molecule has 0 radical (unpaired) electrons. The van der Waals surface area contributed by atoms with Gasteiger partial charge in [-0.3, -0.25) is 9.59 Å². The normalized spacial score (nSPS) is 11.0. The molecule has 0 spiro atoms. The molecule has 1 aromatic carbocycles. The molecule has 1 aromatic rings. The molecule has 0 saturated carbocycles. The Labute approximate surface area is 132 Å². The van der Waals surface area contributed by atoms with Crippen LogP contribution in [-0.2, 0) is 4.79 Å². The summed E-state index contributed by atoms with van der Waals surface area (Å²) in [5.41, 5.74) is 0.165. The third-order valence-corrected chi connectivity index (χ3v) is 2.94. The summed E-state index contributed by atoms with van der Waals surface area (Å²) in [6.07, 6.45) is 0. The Morgan fingerprint density at radius 2 is 1.82 bits per heavy atom. The van der Waals surface area contributed by atoms with Crippen molar-refractivity contribution < 1.29 is 14.3 Å². The maximum atomic E-state index is 12.6. The van der Waals surface area contributed by atoms with Gasteiger partial charge in [-0.1, -0.05) is 12.1 Å². The summed E-state index contributed by atoms with van der Waals surface area (Å²) in [7, 11) is 0. The number of para-hydroxylation sites is 1. The van der Waals surface area contributed by atoms with Gasteiger partial charge in [0, 0.05) is 12.1 Å². The SMILES string of the molecule is CCOc1ccccc1C(=O)N(CC)CC(=O)NC(C)(C)C. The van der Waals surface area contributed by atoms with Crippen LogP contribution < -0.4 is 10.1 Å². The van der Waals surface area contributed by atoms with Crippen molar-refractivity contribution in [3.63, 3.8) is 0 Å². The summed E-state index contributed by atoms with van der Waals surface area (Å²) in [5.74, 6) is 0.178. The number of benzene rings is 1. The van der Waals surface area contributed by atoms with Gasteiger partial charge >= 0.3 is 0 Å². The van der Waals surface area contributed by atoms with Gasteiger partial charge < -0.3 is 15.0 Å². The number of carbonyl (C=O) groups is 2. The van der Waals surface area contributed by atoms with Crippen molar-refractivity contribution in [2.75, 3.05) is 19.7 Å². The zero-order valence-corrected chi connectivity index (χ0v) is 14.1. The minimum absolute atomic E-state index is 0.0348. The molecule has 0 heterocycles. The minimum atomic E-state index is -0.317. The molecule has 0 fully saturated rings. The van der Waals surface area contributed by atoms with Crippen LogP contribution in [0.1, 0.15) is 45.0 Å². The number of ether oxygens (including phenoxy) is 1. The van der Waals surface area contributed by atoms with Crippen LogP contribution in [0.15, 0.2) is 24.3 Å². The molecule has 5 heteroatoms. The van der Waals surface area contributed by atoms with E-state index in [1.807, 2.05) is 40.7 Å². The maximum absolute atomic E-state index is 12.6. The van der Waals surface area contributed by atoms with Gasteiger partial charge in [-0.25, -0.2) is 0 Å². The Balaban J connectivity index is 2.87. The minimum Gasteiger partial charge on any atom is -0.493 e. The van der Waals surface area contributed by atoms with Crippen LogP contribution in [0.5, 0.6) is 5.75 Å². The molecule has 0 aliphatic carbocycles. The highest BCUT2D eigenvalue weighted by Gasteiger charge is 2.22. The Morgan fingerprint density at radius 1 is 1.18 bits per heavy atom. The Bertz CT molecular complexity index is 521. The molecular formula is C17H26N2O3. The number of nitrogens with zero attached hydrogens (tertiary/aromatic N) is 1. The largest absolute Gasteiger partial charge is 0.493 e. The highest BCUT2D eigenvalue weighted by molar-refractivity contribution is 5.98. The molecule has 1 rings (SSSR count). The van der Waals surface area contributed by atoms with Crippen LogP contribution in [-0.4, -0.2) is 41.9 Å². The first-order valence-corrected chi connectivity index (χ1v) is 7.60. The van der Waals surface area contributed by atoms with Crippen molar-refractivity contribution in [2.45, 2.75) is 40.2 Å². The average Bonchev–Trinajstić information content (AvgIpc) is 2.43. The van der Waals surface area contributed by atoms with Crippen LogP contribution in [0.2, 0.25) is 0 Å². The lowest BCUT2D eigenvalue weighted by molar-refractivity contribution is -0.123. The molecular weight excluding hydrogens is 280 g/mol. The van der Waals surface area contributed by atoms with Gasteiger partial charge in [0.15, 0.2) is 0 Å². The first-order chi connectivity index (χ1) is 10.3. The monoisotopic (exact) mass is 306 g/mol. The molecule has 0 unspecified atom stereocenters. The van der Waals surface area contributed by atoms with Gasteiger partial charge in [0.2, 0.25) is 5.91 Å². The van der Waals surface area contributed by atoms with E-state index in [4.69, 9.17) is 4.74 Å². The summed E-state index contributed by atoms with van der Waals surface area (Å²) < 4.78 is 5.49. The van der Waals surface area contributed by atoms with E-state index in [9.17, 15) is 9.59 Å².